The highest BCUT2D eigenvalue weighted by Crippen LogP contribution is 2.27. The Morgan fingerprint density at radius 1 is 1.21 bits per heavy atom. The largest absolute Gasteiger partial charge is 0.448 e. The Balaban J connectivity index is 1.56. The lowest BCUT2D eigenvalue weighted by Crippen LogP contribution is -2.40. The Kier molecular flexibility index (Phi) is 5.37. The first-order valence-corrected chi connectivity index (χ1v) is 11.1. The molecule has 0 radical (unpaired) electrons. The molecule has 2 heterocycles. The number of carbonyl (C=O) groups excluding carboxylic acids is 1. The van der Waals surface area contributed by atoms with Crippen molar-refractivity contribution in [1.82, 2.24) is 10.3 Å². The second-order valence-electron chi connectivity index (χ2n) is 6.22. The molecule has 2 N–H and O–H groups in total. The zero-order valence-corrected chi connectivity index (χ0v) is 17.8. The maximum absolute atomic E-state index is 12.6. The number of amides is 1. The summed E-state index contributed by atoms with van der Waals surface area (Å²) < 4.78 is 34.8. The van der Waals surface area contributed by atoms with E-state index in [0.29, 0.717) is 11.6 Å². The summed E-state index contributed by atoms with van der Waals surface area (Å²) in [5.74, 6) is -0.802. The topological polar surface area (TPSA) is 114 Å². The van der Waals surface area contributed by atoms with Gasteiger partial charge in [-0.15, -0.1) is 4.40 Å². The van der Waals surface area contributed by atoms with Crippen LogP contribution in [-0.2, 0) is 14.8 Å². The number of aromatic nitrogens is 1. The minimum absolute atomic E-state index is 0.0353. The monoisotopic (exact) mass is 522 g/mol. The van der Waals surface area contributed by atoms with E-state index in [1.807, 2.05) is 24.3 Å². The maximum Gasteiger partial charge on any atom is 0.287 e. The van der Waals surface area contributed by atoms with Crippen LogP contribution < -0.4 is 10.6 Å². The summed E-state index contributed by atoms with van der Waals surface area (Å²) in [6.07, 6.45) is 3.00. The Hall–Kier alpha value is -2.73. The third-order valence-corrected chi connectivity index (χ3v) is 6.32. The first-order valence-electron chi connectivity index (χ1n) is 8.58. The molecule has 2 aromatic carbocycles. The van der Waals surface area contributed by atoms with Gasteiger partial charge in [-0.1, -0.05) is 24.3 Å². The lowest BCUT2D eigenvalue weighted by molar-refractivity contribution is -0.114. The minimum Gasteiger partial charge on any atom is -0.448 e. The molecular formula is C19H15IN4O4S. The van der Waals surface area contributed by atoms with Gasteiger partial charge >= 0.3 is 0 Å². The number of halogens is 1. The van der Waals surface area contributed by atoms with E-state index in [4.69, 9.17) is 4.42 Å². The van der Waals surface area contributed by atoms with E-state index in [1.165, 1.54) is 18.5 Å². The van der Waals surface area contributed by atoms with Crippen molar-refractivity contribution in [3.63, 3.8) is 0 Å². The highest BCUT2D eigenvalue weighted by molar-refractivity contribution is 14.1. The Labute approximate surface area is 180 Å². The quantitative estimate of drug-likeness (QED) is 0.499. The number of sulfonamides is 1. The van der Waals surface area contributed by atoms with Crippen molar-refractivity contribution in [3.05, 3.63) is 76.0 Å². The number of oxazole rings is 1. The fourth-order valence-electron chi connectivity index (χ4n) is 2.97. The van der Waals surface area contributed by atoms with Crippen LogP contribution in [0.3, 0.4) is 0 Å². The van der Waals surface area contributed by atoms with Crippen LogP contribution in [0.2, 0.25) is 0 Å². The average Bonchev–Trinajstić information content (AvgIpc) is 3.22. The van der Waals surface area contributed by atoms with Crippen LogP contribution in [0.5, 0.6) is 0 Å². The molecule has 1 aliphatic heterocycles. The zero-order valence-electron chi connectivity index (χ0n) is 14.9. The Bertz CT molecular complexity index is 1190. The molecule has 8 nitrogen and oxygen atoms in total. The van der Waals surface area contributed by atoms with Gasteiger partial charge in [0.25, 0.3) is 15.9 Å². The van der Waals surface area contributed by atoms with E-state index < -0.39 is 15.9 Å². The predicted molar refractivity (Wildman–Crippen MR) is 115 cm³/mol. The van der Waals surface area contributed by atoms with Crippen LogP contribution in [0.4, 0.5) is 5.69 Å². The van der Waals surface area contributed by atoms with E-state index in [1.54, 1.807) is 18.2 Å². The van der Waals surface area contributed by atoms with E-state index in [9.17, 15) is 13.2 Å². The standard InChI is InChI=1S/C19H15IN4O4S/c20-13-5-3-4-12(10-13)14(19-21-8-9-28-19)11-22-18(25)17-23-15-6-1-2-7-16(15)29(26,27)24-17/h1-10,14H,11H2,(H,22,25)(H,23,24). The van der Waals surface area contributed by atoms with Gasteiger partial charge in [-0.2, -0.15) is 8.42 Å². The normalized spacial score (nSPS) is 15.6. The van der Waals surface area contributed by atoms with E-state index >= 15 is 0 Å². The Morgan fingerprint density at radius 2 is 2.03 bits per heavy atom. The van der Waals surface area contributed by atoms with Crippen molar-refractivity contribution < 1.29 is 17.6 Å². The van der Waals surface area contributed by atoms with Gasteiger partial charge in [-0.05, 0) is 52.4 Å². The second-order valence-corrected chi connectivity index (χ2v) is 9.04. The van der Waals surface area contributed by atoms with E-state index in [-0.39, 0.29) is 23.2 Å². The van der Waals surface area contributed by atoms with E-state index in [0.717, 1.165) is 9.13 Å². The number of nitrogens with zero attached hydrogens (tertiary/aromatic N) is 2. The van der Waals surface area contributed by atoms with Crippen LogP contribution in [-0.4, -0.2) is 31.7 Å². The first kappa shape index (κ1) is 19.6. The third-order valence-electron chi connectivity index (χ3n) is 4.31. The van der Waals surface area contributed by atoms with Crippen molar-refractivity contribution in [2.24, 2.45) is 4.40 Å². The van der Waals surface area contributed by atoms with Crippen LogP contribution >= 0.6 is 22.6 Å². The molecule has 0 fully saturated rings. The predicted octanol–water partition coefficient (Wildman–Crippen LogP) is 2.74. The summed E-state index contributed by atoms with van der Waals surface area (Å²) in [5, 5.41) is 5.51. The second kappa shape index (κ2) is 7.95. The SMILES string of the molecule is O=C(NCC(c1cccc(I)c1)c1ncco1)C1=NS(=O)(=O)c2ccccc2N1. The van der Waals surface area contributed by atoms with Crippen LogP contribution in [0.15, 0.2) is 74.7 Å². The molecule has 0 bridgehead atoms. The molecule has 29 heavy (non-hydrogen) atoms. The first-order chi connectivity index (χ1) is 13.9. The summed E-state index contributed by atoms with van der Waals surface area (Å²) in [7, 11) is -3.94. The molecule has 0 spiro atoms. The molecule has 0 saturated carbocycles. The van der Waals surface area contributed by atoms with Gasteiger partial charge in [0.05, 0.1) is 17.8 Å². The van der Waals surface area contributed by atoms with Gasteiger partial charge in [0.1, 0.15) is 11.2 Å². The minimum atomic E-state index is -3.94. The number of benzene rings is 2. The lowest BCUT2D eigenvalue weighted by Gasteiger charge is -2.19. The lowest BCUT2D eigenvalue weighted by atomic mass is 9.99. The summed E-state index contributed by atoms with van der Waals surface area (Å²) in [5.41, 5.74) is 1.23. The van der Waals surface area contributed by atoms with Crippen LogP contribution in [0.25, 0.3) is 0 Å². The zero-order chi connectivity index (χ0) is 20.4. The van der Waals surface area contributed by atoms with Crippen LogP contribution in [0, 0.1) is 3.57 Å². The smallest absolute Gasteiger partial charge is 0.287 e. The van der Waals surface area contributed by atoms with Gasteiger partial charge in [-0.3, -0.25) is 4.79 Å². The van der Waals surface area contributed by atoms with Crippen LogP contribution in [0.1, 0.15) is 17.4 Å². The molecule has 4 rings (SSSR count). The highest BCUT2D eigenvalue weighted by atomic mass is 127. The number of rotatable bonds is 5. The number of hydrogen-bond donors (Lipinski definition) is 2. The Morgan fingerprint density at radius 3 is 2.79 bits per heavy atom. The highest BCUT2D eigenvalue weighted by Gasteiger charge is 2.28. The summed E-state index contributed by atoms with van der Waals surface area (Å²) >= 11 is 2.20. The summed E-state index contributed by atoms with van der Waals surface area (Å²) in [4.78, 5) is 16.9. The summed E-state index contributed by atoms with van der Waals surface area (Å²) in [6.45, 7) is 0.155. The number of fused-ring (bicyclic) bond motifs is 1. The molecule has 148 valence electrons. The van der Waals surface area contributed by atoms with Crippen molar-refractivity contribution in [2.45, 2.75) is 10.8 Å². The molecule has 0 saturated heterocycles. The van der Waals surface area contributed by atoms with Gasteiger partial charge in [0.2, 0.25) is 11.7 Å². The number of anilines is 1. The van der Waals surface area contributed by atoms with Gasteiger partial charge < -0.3 is 15.1 Å². The molecule has 1 aliphatic rings. The molecular weight excluding hydrogens is 507 g/mol. The van der Waals surface area contributed by atoms with Gasteiger partial charge in [0.15, 0.2) is 0 Å². The number of amidine groups is 1. The van der Waals surface area contributed by atoms with Crippen molar-refractivity contribution in [1.29, 1.82) is 0 Å². The molecule has 1 aromatic heterocycles. The molecule has 1 atom stereocenters. The van der Waals surface area contributed by atoms with Gasteiger partial charge in [0, 0.05) is 10.1 Å². The fraction of sp³-hybridized carbons (Fsp3) is 0.105. The van der Waals surface area contributed by atoms with Crippen molar-refractivity contribution in [3.8, 4) is 0 Å². The number of para-hydroxylation sites is 1. The molecule has 3 aromatic rings. The van der Waals surface area contributed by atoms with Crippen molar-refractivity contribution >= 4 is 50.0 Å². The molecule has 10 heteroatoms. The third kappa shape index (κ3) is 4.17. The average molecular weight is 522 g/mol. The molecule has 0 aliphatic carbocycles. The molecule has 1 amide bonds. The molecule has 1 unspecified atom stereocenters. The maximum atomic E-state index is 12.6. The fourth-order valence-corrected chi connectivity index (χ4v) is 4.65. The number of hydrogen-bond acceptors (Lipinski definition) is 6. The summed E-state index contributed by atoms with van der Waals surface area (Å²) in [6, 6.07) is 14.0. The van der Waals surface area contributed by atoms with E-state index in [2.05, 4.69) is 42.6 Å². The van der Waals surface area contributed by atoms with Gasteiger partial charge in [-0.25, -0.2) is 4.98 Å². The number of nitrogens with one attached hydrogen (secondary N) is 2. The number of carbonyl (C=O) groups is 1. The van der Waals surface area contributed by atoms with Crippen molar-refractivity contribution in [2.75, 3.05) is 11.9 Å².